The number of nitrogens with one attached hydrogen (secondary N) is 1. The van der Waals surface area contributed by atoms with Gasteiger partial charge in [-0.1, -0.05) is 30.3 Å². The normalized spacial score (nSPS) is 22.8. The SMILES string of the molecule is NC1(C(=O)OCc2ccccc2)CCC(=O)NC1=O. The molecule has 1 saturated heterocycles. The van der Waals surface area contributed by atoms with Gasteiger partial charge in [0.2, 0.25) is 5.91 Å². The Morgan fingerprint density at radius 3 is 2.63 bits per heavy atom. The Labute approximate surface area is 109 Å². The first-order chi connectivity index (χ1) is 9.02. The zero-order chi connectivity index (χ0) is 13.9. The Kier molecular flexibility index (Phi) is 3.62. The van der Waals surface area contributed by atoms with Crippen LogP contribution in [-0.4, -0.2) is 23.3 Å². The van der Waals surface area contributed by atoms with E-state index in [2.05, 4.69) is 0 Å². The van der Waals surface area contributed by atoms with Crippen LogP contribution in [0, 0.1) is 0 Å². The first kappa shape index (κ1) is 13.2. The number of ether oxygens (including phenoxy) is 1. The molecule has 0 spiro atoms. The van der Waals surface area contributed by atoms with Gasteiger partial charge >= 0.3 is 5.97 Å². The van der Waals surface area contributed by atoms with Gasteiger partial charge in [-0.2, -0.15) is 0 Å². The standard InChI is InChI=1S/C13H14N2O4/c14-13(7-6-10(16)15-11(13)17)12(18)19-8-9-4-2-1-3-5-9/h1-5H,6-8,14H2,(H,15,16,17). The van der Waals surface area contributed by atoms with E-state index < -0.39 is 23.3 Å². The van der Waals surface area contributed by atoms with Crippen LogP contribution in [0.25, 0.3) is 0 Å². The molecule has 0 aromatic heterocycles. The molecule has 0 bridgehead atoms. The fraction of sp³-hybridized carbons (Fsp3) is 0.308. The lowest BCUT2D eigenvalue weighted by atomic mass is 9.90. The first-order valence-electron chi connectivity index (χ1n) is 5.87. The van der Waals surface area contributed by atoms with Crippen LogP contribution in [0.15, 0.2) is 30.3 Å². The third-order valence-corrected chi connectivity index (χ3v) is 2.98. The summed E-state index contributed by atoms with van der Waals surface area (Å²) in [5.74, 6) is -2.05. The third kappa shape index (κ3) is 2.79. The summed E-state index contributed by atoms with van der Waals surface area (Å²) in [6.07, 6.45) is -0.00599. The second-order valence-corrected chi connectivity index (χ2v) is 4.41. The molecule has 1 aromatic carbocycles. The number of esters is 1. The summed E-state index contributed by atoms with van der Waals surface area (Å²) >= 11 is 0. The second-order valence-electron chi connectivity index (χ2n) is 4.41. The number of amides is 2. The molecule has 1 heterocycles. The van der Waals surface area contributed by atoms with Crippen molar-refractivity contribution in [2.24, 2.45) is 5.73 Å². The predicted octanol–water partition coefficient (Wildman–Crippen LogP) is -0.136. The summed E-state index contributed by atoms with van der Waals surface area (Å²) < 4.78 is 5.04. The van der Waals surface area contributed by atoms with Crippen molar-refractivity contribution in [3.8, 4) is 0 Å². The van der Waals surface area contributed by atoms with E-state index in [0.717, 1.165) is 5.56 Å². The van der Waals surface area contributed by atoms with Crippen molar-refractivity contribution < 1.29 is 19.1 Å². The maximum Gasteiger partial charge on any atom is 0.336 e. The molecule has 0 radical (unpaired) electrons. The molecule has 0 aliphatic carbocycles. The summed E-state index contributed by atoms with van der Waals surface area (Å²) in [6.45, 7) is 0.0415. The number of piperidine rings is 1. The molecular weight excluding hydrogens is 248 g/mol. The topological polar surface area (TPSA) is 98.5 Å². The number of carbonyl (C=O) groups is 3. The van der Waals surface area contributed by atoms with Gasteiger partial charge < -0.3 is 10.5 Å². The zero-order valence-electron chi connectivity index (χ0n) is 10.2. The lowest BCUT2D eigenvalue weighted by molar-refractivity contribution is -0.158. The minimum atomic E-state index is -1.78. The highest BCUT2D eigenvalue weighted by atomic mass is 16.5. The molecule has 1 aliphatic rings. The monoisotopic (exact) mass is 262 g/mol. The molecule has 1 atom stereocenters. The Bertz CT molecular complexity index is 515. The van der Waals surface area contributed by atoms with E-state index in [4.69, 9.17) is 10.5 Å². The Balaban J connectivity index is 1.99. The van der Waals surface area contributed by atoms with Gasteiger partial charge in [-0.25, -0.2) is 4.79 Å². The van der Waals surface area contributed by atoms with Crippen LogP contribution < -0.4 is 11.1 Å². The number of nitrogens with two attached hydrogens (primary N) is 1. The van der Waals surface area contributed by atoms with Gasteiger partial charge in [0.25, 0.3) is 5.91 Å². The zero-order valence-corrected chi connectivity index (χ0v) is 10.2. The average molecular weight is 262 g/mol. The van der Waals surface area contributed by atoms with Crippen LogP contribution in [0.1, 0.15) is 18.4 Å². The Morgan fingerprint density at radius 2 is 2.00 bits per heavy atom. The van der Waals surface area contributed by atoms with Crippen molar-refractivity contribution in [3.63, 3.8) is 0 Å². The minimum absolute atomic E-state index is 0.0304. The lowest BCUT2D eigenvalue weighted by Crippen LogP contribution is -2.64. The van der Waals surface area contributed by atoms with Crippen molar-refractivity contribution in [2.45, 2.75) is 25.0 Å². The molecule has 6 nitrogen and oxygen atoms in total. The molecule has 1 unspecified atom stereocenters. The van der Waals surface area contributed by atoms with Gasteiger partial charge in [0.05, 0.1) is 0 Å². The average Bonchev–Trinajstić information content (AvgIpc) is 2.42. The van der Waals surface area contributed by atoms with Gasteiger partial charge in [0.15, 0.2) is 5.54 Å². The van der Waals surface area contributed by atoms with Crippen molar-refractivity contribution >= 4 is 17.8 Å². The maximum atomic E-state index is 11.9. The summed E-state index contributed by atoms with van der Waals surface area (Å²) in [4.78, 5) is 34.5. The number of hydrogen-bond acceptors (Lipinski definition) is 5. The number of benzene rings is 1. The fourth-order valence-electron chi connectivity index (χ4n) is 1.77. The second kappa shape index (κ2) is 5.19. The third-order valence-electron chi connectivity index (χ3n) is 2.98. The largest absolute Gasteiger partial charge is 0.459 e. The summed E-state index contributed by atoms with van der Waals surface area (Å²) in [7, 11) is 0. The van der Waals surface area contributed by atoms with Crippen LogP contribution in [0.3, 0.4) is 0 Å². The van der Waals surface area contributed by atoms with E-state index in [-0.39, 0.29) is 19.4 Å². The molecule has 1 fully saturated rings. The van der Waals surface area contributed by atoms with Crippen LogP contribution >= 0.6 is 0 Å². The summed E-state index contributed by atoms with van der Waals surface area (Å²) in [5, 5.41) is 2.05. The van der Waals surface area contributed by atoms with Crippen LogP contribution in [0.5, 0.6) is 0 Å². The first-order valence-corrected chi connectivity index (χ1v) is 5.87. The van der Waals surface area contributed by atoms with E-state index in [1.807, 2.05) is 23.5 Å². The molecule has 1 aromatic rings. The molecule has 2 rings (SSSR count). The van der Waals surface area contributed by atoms with Gasteiger partial charge in [0.1, 0.15) is 6.61 Å². The van der Waals surface area contributed by atoms with Gasteiger partial charge in [-0.15, -0.1) is 0 Å². The molecular formula is C13H14N2O4. The Morgan fingerprint density at radius 1 is 1.32 bits per heavy atom. The van der Waals surface area contributed by atoms with E-state index >= 15 is 0 Å². The number of rotatable bonds is 3. The highest BCUT2D eigenvalue weighted by Crippen LogP contribution is 2.17. The smallest absolute Gasteiger partial charge is 0.336 e. The molecule has 2 amide bonds. The van der Waals surface area contributed by atoms with Crippen molar-refractivity contribution in [3.05, 3.63) is 35.9 Å². The summed E-state index contributed by atoms with van der Waals surface area (Å²) in [5.41, 5.74) is 4.76. The quantitative estimate of drug-likeness (QED) is 0.449. The lowest BCUT2D eigenvalue weighted by Gasteiger charge is -2.28. The van der Waals surface area contributed by atoms with E-state index in [9.17, 15) is 14.4 Å². The van der Waals surface area contributed by atoms with E-state index in [1.54, 1.807) is 12.1 Å². The van der Waals surface area contributed by atoms with Crippen molar-refractivity contribution in [2.75, 3.05) is 0 Å². The van der Waals surface area contributed by atoms with Crippen molar-refractivity contribution in [1.29, 1.82) is 0 Å². The molecule has 3 N–H and O–H groups in total. The molecule has 6 heteroatoms. The highest BCUT2D eigenvalue weighted by Gasteiger charge is 2.47. The minimum Gasteiger partial charge on any atom is -0.459 e. The number of hydrogen-bond donors (Lipinski definition) is 2. The van der Waals surface area contributed by atoms with Crippen LogP contribution in [0.4, 0.5) is 0 Å². The fourth-order valence-corrected chi connectivity index (χ4v) is 1.77. The highest BCUT2D eigenvalue weighted by molar-refractivity contribution is 6.14. The molecule has 1 aliphatic heterocycles. The van der Waals surface area contributed by atoms with Gasteiger partial charge in [-0.05, 0) is 12.0 Å². The van der Waals surface area contributed by atoms with Crippen LogP contribution in [-0.2, 0) is 25.7 Å². The van der Waals surface area contributed by atoms with Gasteiger partial charge in [0, 0.05) is 6.42 Å². The maximum absolute atomic E-state index is 11.9. The number of carbonyl (C=O) groups excluding carboxylic acids is 3. The summed E-state index contributed by atoms with van der Waals surface area (Å²) in [6, 6.07) is 9.05. The molecule has 0 saturated carbocycles. The van der Waals surface area contributed by atoms with Crippen LogP contribution in [0.2, 0.25) is 0 Å². The molecule has 19 heavy (non-hydrogen) atoms. The van der Waals surface area contributed by atoms with Gasteiger partial charge in [-0.3, -0.25) is 14.9 Å². The predicted molar refractivity (Wildman–Crippen MR) is 65.5 cm³/mol. The number of imide groups is 1. The van der Waals surface area contributed by atoms with Crippen molar-refractivity contribution in [1.82, 2.24) is 5.32 Å². The molecule has 100 valence electrons. The Hall–Kier alpha value is -2.21. The van der Waals surface area contributed by atoms with E-state index in [0.29, 0.717) is 0 Å². The van der Waals surface area contributed by atoms with E-state index in [1.165, 1.54) is 0 Å².